The molecule has 1 aromatic carbocycles. The van der Waals surface area contributed by atoms with Gasteiger partial charge in [0, 0.05) is 33.1 Å². The van der Waals surface area contributed by atoms with Crippen LogP contribution in [0.25, 0.3) is 0 Å². The minimum absolute atomic E-state index is 0.0395. The number of para-hydroxylation sites is 1. The summed E-state index contributed by atoms with van der Waals surface area (Å²) >= 11 is 0. The smallest absolute Gasteiger partial charge is 0.257 e. The van der Waals surface area contributed by atoms with Crippen molar-refractivity contribution in [3.8, 4) is 5.75 Å². The van der Waals surface area contributed by atoms with Gasteiger partial charge in [-0.1, -0.05) is 12.1 Å². The molecule has 1 heterocycles. The number of phenolic OH excluding ortho intramolecular Hbond substituents is 1. The van der Waals surface area contributed by atoms with Crippen molar-refractivity contribution in [1.82, 2.24) is 9.80 Å². The SMILES string of the molecule is CC(=O)N1CCCN(C(=O)c2cccc(C)c2O)CC1. The van der Waals surface area contributed by atoms with Crippen molar-refractivity contribution >= 4 is 11.8 Å². The van der Waals surface area contributed by atoms with Crippen molar-refractivity contribution in [3.05, 3.63) is 29.3 Å². The zero-order valence-electron chi connectivity index (χ0n) is 11.9. The molecule has 0 bridgehead atoms. The molecule has 2 amide bonds. The zero-order valence-corrected chi connectivity index (χ0v) is 11.9. The van der Waals surface area contributed by atoms with Gasteiger partial charge in [-0.3, -0.25) is 9.59 Å². The number of rotatable bonds is 1. The first-order valence-electron chi connectivity index (χ1n) is 6.84. The van der Waals surface area contributed by atoms with Gasteiger partial charge < -0.3 is 14.9 Å². The third-order valence-electron chi connectivity index (χ3n) is 3.70. The van der Waals surface area contributed by atoms with Crippen LogP contribution in [-0.4, -0.2) is 52.9 Å². The van der Waals surface area contributed by atoms with E-state index in [4.69, 9.17) is 0 Å². The highest BCUT2D eigenvalue weighted by Crippen LogP contribution is 2.23. The van der Waals surface area contributed by atoms with Gasteiger partial charge in [0.1, 0.15) is 5.75 Å². The van der Waals surface area contributed by atoms with Crippen molar-refractivity contribution in [2.75, 3.05) is 26.2 Å². The maximum absolute atomic E-state index is 12.5. The summed E-state index contributed by atoms with van der Waals surface area (Å²) in [6.07, 6.45) is 0.762. The molecule has 0 radical (unpaired) electrons. The molecular formula is C15H20N2O3. The first-order chi connectivity index (χ1) is 9.50. The van der Waals surface area contributed by atoms with Gasteiger partial charge >= 0.3 is 0 Å². The van der Waals surface area contributed by atoms with Gasteiger partial charge in [0.25, 0.3) is 5.91 Å². The van der Waals surface area contributed by atoms with E-state index in [-0.39, 0.29) is 17.6 Å². The molecule has 0 aromatic heterocycles. The molecule has 1 aliphatic heterocycles. The van der Waals surface area contributed by atoms with Crippen molar-refractivity contribution in [2.24, 2.45) is 0 Å². The van der Waals surface area contributed by atoms with Crippen LogP contribution in [0.2, 0.25) is 0 Å². The van der Waals surface area contributed by atoms with Crippen LogP contribution in [0.4, 0.5) is 0 Å². The van der Waals surface area contributed by atoms with Crippen molar-refractivity contribution in [3.63, 3.8) is 0 Å². The van der Waals surface area contributed by atoms with Gasteiger partial charge in [-0.25, -0.2) is 0 Å². The largest absolute Gasteiger partial charge is 0.507 e. The van der Waals surface area contributed by atoms with Gasteiger partial charge in [0.15, 0.2) is 0 Å². The Labute approximate surface area is 118 Å². The van der Waals surface area contributed by atoms with Crippen LogP contribution < -0.4 is 0 Å². The third kappa shape index (κ3) is 2.92. The summed E-state index contributed by atoms with van der Waals surface area (Å²) < 4.78 is 0. The Hall–Kier alpha value is -2.04. The van der Waals surface area contributed by atoms with E-state index < -0.39 is 0 Å². The predicted octanol–water partition coefficient (Wildman–Crippen LogP) is 1.40. The molecule has 0 saturated carbocycles. The number of aromatic hydroxyl groups is 1. The number of carbonyl (C=O) groups is 2. The van der Waals surface area contributed by atoms with Gasteiger partial charge in [-0.05, 0) is 25.0 Å². The van der Waals surface area contributed by atoms with Crippen LogP contribution in [0.3, 0.4) is 0 Å². The second kappa shape index (κ2) is 5.94. The molecule has 1 fully saturated rings. The van der Waals surface area contributed by atoms with Crippen LogP contribution in [0, 0.1) is 6.92 Å². The lowest BCUT2D eigenvalue weighted by atomic mass is 10.1. The number of hydrogen-bond acceptors (Lipinski definition) is 3. The van der Waals surface area contributed by atoms with Crippen LogP contribution >= 0.6 is 0 Å². The molecule has 1 aliphatic rings. The highest BCUT2D eigenvalue weighted by molar-refractivity contribution is 5.97. The summed E-state index contributed by atoms with van der Waals surface area (Å²) in [6, 6.07) is 5.17. The van der Waals surface area contributed by atoms with Crippen LogP contribution in [0.1, 0.15) is 29.3 Å². The van der Waals surface area contributed by atoms with E-state index in [0.717, 1.165) is 6.42 Å². The number of carbonyl (C=O) groups excluding carboxylic acids is 2. The minimum Gasteiger partial charge on any atom is -0.507 e. The summed E-state index contributed by atoms with van der Waals surface area (Å²) in [5.74, 6) is -0.0838. The molecule has 2 rings (SSSR count). The third-order valence-corrected chi connectivity index (χ3v) is 3.70. The molecule has 0 unspecified atom stereocenters. The Bertz CT molecular complexity index is 528. The number of benzene rings is 1. The van der Waals surface area contributed by atoms with Gasteiger partial charge in [0.05, 0.1) is 5.56 Å². The molecule has 5 heteroatoms. The lowest BCUT2D eigenvalue weighted by molar-refractivity contribution is -0.128. The fraction of sp³-hybridized carbons (Fsp3) is 0.467. The van der Waals surface area contributed by atoms with E-state index >= 15 is 0 Å². The number of aryl methyl sites for hydroxylation is 1. The van der Waals surface area contributed by atoms with E-state index in [9.17, 15) is 14.7 Å². The summed E-state index contributed by atoms with van der Waals surface area (Å²) in [6.45, 7) is 5.66. The summed E-state index contributed by atoms with van der Waals surface area (Å²) in [4.78, 5) is 27.3. The molecule has 1 saturated heterocycles. The van der Waals surface area contributed by atoms with E-state index in [1.807, 2.05) is 0 Å². The lowest BCUT2D eigenvalue weighted by Crippen LogP contribution is -2.36. The van der Waals surface area contributed by atoms with Crippen LogP contribution in [0.15, 0.2) is 18.2 Å². The second-order valence-corrected chi connectivity index (χ2v) is 5.12. The Morgan fingerprint density at radius 3 is 2.45 bits per heavy atom. The maximum Gasteiger partial charge on any atom is 0.257 e. The standard InChI is InChI=1S/C15H20N2O3/c1-11-5-3-6-13(14(11)19)15(20)17-8-4-7-16(9-10-17)12(2)18/h3,5-6,19H,4,7-10H2,1-2H3. The predicted molar refractivity (Wildman–Crippen MR) is 75.6 cm³/mol. The van der Waals surface area contributed by atoms with E-state index in [2.05, 4.69) is 0 Å². The Kier molecular flexibility index (Phi) is 4.27. The molecule has 1 aromatic rings. The summed E-state index contributed by atoms with van der Waals surface area (Å²) in [7, 11) is 0. The molecule has 0 spiro atoms. The van der Waals surface area contributed by atoms with Crippen molar-refractivity contribution < 1.29 is 14.7 Å². The maximum atomic E-state index is 12.5. The van der Waals surface area contributed by atoms with Gasteiger partial charge in [0.2, 0.25) is 5.91 Å². The van der Waals surface area contributed by atoms with Crippen molar-refractivity contribution in [1.29, 1.82) is 0 Å². The van der Waals surface area contributed by atoms with Gasteiger partial charge in [-0.15, -0.1) is 0 Å². The van der Waals surface area contributed by atoms with E-state index in [1.54, 1.807) is 41.8 Å². The topological polar surface area (TPSA) is 60.9 Å². The molecule has 20 heavy (non-hydrogen) atoms. The summed E-state index contributed by atoms with van der Waals surface area (Å²) in [5.41, 5.74) is 1.03. The first kappa shape index (κ1) is 14.4. The second-order valence-electron chi connectivity index (χ2n) is 5.12. The van der Waals surface area contributed by atoms with Crippen LogP contribution in [0.5, 0.6) is 5.75 Å². The normalized spacial score (nSPS) is 15.9. The Balaban J connectivity index is 2.13. The minimum atomic E-state index is -0.170. The fourth-order valence-electron chi connectivity index (χ4n) is 2.44. The monoisotopic (exact) mass is 276 g/mol. The number of hydrogen-bond donors (Lipinski definition) is 1. The molecule has 1 N–H and O–H groups in total. The Morgan fingerprint density at radius 1 is 1.10 bits per heavy atom. The van der Waals surface area contributed by atoms with E-state index in [0.29, 0.717) is 37.3 Å². The number of amides is 2. The highest BCUT2D eigenvalue weighted by atomic mass is 16.3. The molecule has 5 nitrogen and oxygen atoms in total. The molecule has 108 valence electrons. The Morgan fingerprint density at radius 2 is 1.75 bits per heavy atom. The van der Waals surface area contributed by atoms with E-state index in [1.165, 1.54) is 0 Å². The number of nitrogens with zero attached hydrogens (tertiary/aromatic N) is 2. The van der Waals surface area contributed by atoms with Crippen LogP contribution in [-0.2, 0) is 4.79 Å². The fourth-order valence-corrected chi connectivity index (χ4v) is 2.44. The molecule has 0 atom stereocenters. The van der Waals surface area contributed by atoms with Gasteiger partial charge in [-0.2, -0.15) is 0 Å². The first-order valence-corrected chi connectivity index (χ1v) is 6.84. The summed E-state index contributed by atoms with van der Waals surface area (Å²) in [5, 5.41) is 10.00. The zero-order chi connectivity index (χ0) is 14.7. The highest BCUT2D eigenvalue weighted by Gasteiger charge is 2.23. The average Bonchev–Trinajstić information content (AvgIpc) is 2.67. The quantitative estimate of drug-likeness (QED) is 0.843. The average molecular weight is 276 g/mol. The molecular weight excluding hydrogens is 256 g/mol. The van der Waals surface area contributed by atoms with Crippen molar-refractivity contribution in [2.45, 2.75) is 20.3 Å². The number of phenols is 1. The molecule has 0 aliphatic carbocycles. The lowest BCUT2D eigenvalue weighted by Gasteiger charge is -2.22.